The number of fused-ring (bicyclic) bond motifs is 2. The summed E-state index contributed by atoms with van der Waals surface area (Å²) >= 11 is 0. The Morgan fingerprint density at radius 1 is 1.06 bits per heavy atom. The lowest BCUT2D eigenvalue weighted by Gasteiger charge is -2.07. The maximum Gasteiger partial charge on any atom is 0.293 e. The van der Waals surface area contributed by atoms with Crippen LogP contribution >= 0.6 is 0 Å². The van der Waals surface area contributed by atoms with Crippen molar-refractivity contribution in [3.63, 3.8) is 0 Å². The van der Waals surface area contributed by atoms with Gasteiger partial charge in [0.15, 0.2) is 11.5 Å². The second kappa shape index (κ2) is 8.18. The van der Waals surface area contributed by atoms with Crippen molar-refractivity contribution in [3.05, 3.63) is 76.3 Å². The lowest BCUT2D eigenvalue weighted by atomic mass is 10.1. The summed E-state index contributed by atoms with van der Waals surface area (Å²) in [5.74, 6) is 1.02. The van der Waals surface area contributed by atoms with Gasteiger partial charge in [-0.05, 0) is 35.7 Å². The van der Waals surface area contributed by atoms with Crippen LogP contribution in [0.4, 0.5) is 0 Å². The Kier molecular flexibility index (Phi) is 5.06. The van der Waals surface area contributed by atoms with Gasteiger partial charge in [-0.15, -0.1) is 0 Å². The van der Waals surface area contributed by atoms with Gasteiger partial charge in [0.05, 0.1) is 5.69 Å². The van der Waals surface area contributed by atoms with Gasteiger partial charge < -0.3 is 14.8 Å². The minimum atomic E-state index is -0.380. The maximum atomic E-state index is 12.8. The van der Waals surface area contributed by atoms with Gasteiger partial charge in [-0.1, -0.05) is 37.3 Å². The first-order valence-electron chi connectivity index (χ1n) is 10.3. The van der Waals surface area contributed by atoms with E-state index in [9.17, 15) is 9.59 Å². The standard InChI is InChI=1S/C23H21N5O4/c1-2-15-3-6-17(7-4-15)18-10-19-23(30)27(25-13-28(19)26-18)12-22(29)24-11-16-5-8-20-21(9-16)32-14-31-20/h3-10,13H,2,11-12,14H2,1H3,(H,24,29). The first-order chi connectivity index (χ1) is 15.6. The van der Waals surface area contributed by atoms with Crippen molar-refractivity contribution in [1.82, 2.24) is 24.7 Å². The van der Waals surface area contributed by atoms with Crippen molar-refractivity contribution in [2.75, 3.05) is 6.79 Å². The van der Waals surface area contributed by atoms with Gasteiger partial charge >= 0.3 is 0 Å². The van der Waals surface area contributed by atoms with E-state index >= 15 is 0 Å². The van der Waals surface area contributed by atoms with Crippen molar-refractivity contribution >= 4 is 11.4 Å². The van der Waals surface area contributed by atoms with E-state index in [0.29, 0.717) is 29.3 Å². The highest BCUT2D eigenvalue weighted by Gasteiger charge is 2.15. The molecule has 32 heavy (non-hydrogen) atoms. The third-order valence-electron chi connectivity index (χ3n) is 5.37. The number of hydrogen-bond acceptors (Lipinski definition) is 6. The van der Waals surface area contributed by atoms with Gasteiger partial charge in [0.1, 0.15) is 18.4 Å². The SMILES string of the molecule is CCc1ccc(-c2cc3c(=O)n(CC(=O)NCc4ccc5c(c4)OCO5)ncn3n2)cc1. The Labute approximate surface area is 183 Å². The van der Waals surface area contributed by atoms with Crippen LogP contribution in [0.3, 0.4) is 0 Å². The van der Waals surface area contributed by atoms with Gasteiger partial charge in [0, 0.05) is 12.1 Å². The van der Waals surface area contributed by atoms with Crippen LogP contribution in [0.2, 0.25) is 0 Å². The van der Waals surface area contributed by atoms with Gasteiger partial charge in [0.2, 0.25) is 12.7 Å². The van der Waals surface area contributed by atoms with E-state index in [1.807, 2.05) is 36.4 Å². The molecule has 0 fully saturated rings. The second-order valence-electron chi connectivity index (χ2n) is 7.47. The summed E-state index contributed by atoms with van der Waals surface area (Å²) in [6, 6.07) is 15.2. The van der Waals surface area contributed by atoms with Gasteiger partial charge in [-0.3, -0.25) is 9.59 Å². The third-order valence-corrected chi connectivity index (χ3v) is 5.37. The first-order valence-corrected chi connectivity index (χ1v) is 10.3. The number of aromatic nitrogens is 4. The summed E-state index contributed by atoms with van der Waals surface area (Å²) in [6.45, 7) is 2.41. The summed E-state index contributed by atoms with van der Waals surface area (Å²) < 4.78 is 13.2. The van der Waals surface area contributed by atoms with E-state index in [2.05, 4.69) is 22.4 Å². The van der Waals surface area contributed by atoms with Crippen LogP contribution in [0, 0.1) is 0 Å². The molecule has 1 aliphatic rings. The number of benzene rings is 2. The molecule has 162 valence electrons. The number of aryl methyl sites for hydroxylation is 1. The Bertz CT molecular complexity index is 1360. The molecule has 0 atom stereocenters. The van der Waals surface area contributed by atoms with Crippen LogP contribution in [0.15, 0.2) is 59.7 Å². The number of nitrogens with one attached hydrogen (secondary N) is 1. The molecule has 0 radical (unpaired) electrons. The fraction of sp³-hybridized carbons (Fsp3) is 0.217. The zero-order valence-corrected chi connectivity index (χ0v) is 17.4. The highest BCUT2D eigenvalue weighted by molar-refractivity contribution is 5.75. The molecule has 1 amide bonds. The quantitative estimate of drug-likeness (QED) is 0.502. The zero-order valence-electron chi connectivity index (χ0n) is 17.4. The molecule has 0 bridgehead atoms. The van der Waals surface area contributed by atoms with E-state index in [1.54, 1.807) is 12.1 Å². The highest BCUT2D eigenvalue weighted by atomic mass is 16.7. The number of carbonyl (C=O) groups excluding carboxylic acids is 1. The molecule has 0 unspecified atom stereocenters. The Morgan fingerprint density at radius 2 is 1.84 bits per heavy atom. The molecule has 0 saturated carbocycles. The molecule has 9 heteroatoms. The van der Waals surface area contributed by atoms with Crippen LogP contribution < -0.4 is 20.3 Å². The van der Waals surface area contributed by atoms with Crippen molar-refractivity contribution in [3.8, 4) is 22.8 Å². The number of hydrogen-bond donors (Lipinski definition) is 1. The van der Waals surface area contributed by atoms with E-state index < -0.39 is 0 Å². The molecular weight excluding hydrogens is 410 g/mol. The Morgan fingerprint density at radius 3 is 2.66 bits per heavy atom. The minimum Gasteiger partial charge on any atom is -0.454 e. The maximum absolute atomic E-state index is 12.8. The number of rotatable bonds is 6. The monoisotopic (exact) mass is 431 g/mol. The minimum absolute atomic E-state index is 0.189. The van der Waals surface area contributed by atoms with E-state index in [1.165, 1.54) is 16.4 Å². The molecule has 3 heterocycles. The summed E-state index contributed by atoms with van der Waals surface area (Å²) in [4.78, 5) is 25.2. The average molecular weight is 431 g/mol. The molecule has 4 aromatic rings. The molecule has 0 aliphatic carbocycles. The topological polar surface area (TPSA) is 99.8 Å². The van der Waals surface area contributed by atoms with E-state index in [0.717, 1.165) is 22.2 Å². The van der Waals surface area contributed by atoms with E-state index in [4.69, 9.17) is 9.47 Å². The molecular formula is C23H21N5O4. The average Bonchev–Trinajstić information content (AvgIpc) is 3.47. The van der Waals surface area contributed by atoms with E-state index in [-0.39, 0.29) is 24.8 Å². The van der Waals surface area contributed by atoms with Crippen molar-refractivity contribution in [1.29, 1.82) is 0 Å². The van der Waals surface area contributed by atoms with Crippen molar-refractivity contribution in [2.24, 2.45) is 0 Å². The van der Waals surface area contributed by atoms with Crippen LogP contribution in [-0.2, 0) is 24.3 Å². The molecule has 5 rings (SSSR count). The van der Waals surface area contributed by atoms with Crippen LogP contribution in [0.5, 0.6) is 11.5 Å². The molecule has 0 saturated heterocycles. The third kappa shape index (κ3) is 3.80. The van der Waals surface area contributed by atoms with Crippen LogP contribution in [-0.4, -0.2) is 32.1 Å². The first kappa shape index (κ1) is 19.8. The number of nitrogens with zero attached hydrogens (tertiary/aromatic N) is 4. The molecule has 2 aromatic heterocycles. The summed E-state index contributed by atoms with van der Waals surface area (Å²) in [7, 11) is 0. The van der Waals surface area contributed by atoms with Gasteiger partial charge in [0.25, 0.3) is 5.56 Å². The number of carbonyl (C=O) groups is 1. The van der Waals surface area contributed by atoms with Gasteiger partial charge in [-0.25, -0.2) is 9.20 Å². The molecule has 2 aromatic carbocycles. The van der Waals surface area contributed by atoms with Crippen LogP contribution in [0.25, 0.3) is 16.8 Å². The van der Waals surface area contributed by atoms with Crippen molar-refractivity contribution in [2.45, 2.75) is 26.4 Å². The van der Waals surface area contributed by atoms with Crippen LogP contribution in [0.1, 0.15) is 18.1 Å². The summed E-state index contributed by atoms with van der Waals surface area (Å²) in [5.41, 5.74) is 3.67. The summed E-state index contributed by atoms with van der Waals surface area (Å²) in [6.07, 6.45) is 2.39. The fourth-order valence-electron chi connectivity index (χ4n) is 3.55. The Hall–Kier alpha value is -4.14. The fourth-order valence-corrected chi connectivity index (χ4v) is 3.55. The lowest BCUT2D eigenvalue weighted by Crippen LogP contribution is -2.34. The predicted molar refractivity (Wildman–Crippen MR) is 116 cm³/mol. The molecule has 0 spiro atoms. The second-order valence-corrected chi connectivity index (χ2v) is 7.47. The molecule has 9 nitrogen and oxygen atoms in total. The smallest absolute Gasteiger partial charge is 0.293 e. The molecule has 1 N–H and O–H groups in total. The lowest BCUT2D eigenvalue weighted by molar-refractivity contribution is -0.122. The number of ether oxygens (including phenoxy) is 2. The van der Waals surface area contributed by atoms with Gasteiger partial charge in [-0.2, -0.15) is 10.2 Å². The largest absolute Gasteiger partial charge is 0.454 e. The van der Waals surface area contributed by atoms with Crippen molar-refractivity contribution < 1.29 is 14.3 Å². The normalized spacial score (nSPS) is 12.3. The Balaban J connectivity index is 1.30. The predicted octanol–water partition coefficient (Wildman–Crippen LogP) is 2.17. The summed E-state index contributed by atoms with van der Waals surface area (Å²) in [5, 5.41) is 11.3. The molecule has 1 aliphatic heterocycles. The number of amides is 1. The highest BCUT2D eigenvalue weighted by Crippen LogP contribution is 2.32. The zero-order chi connectivity index (χ0) is 22.1.